The Morgan fingerprint density at radius 3 is 2.63 bits per heavy atom. The lowest BCUT2D eigenvalue weighted by Gasteiger charge is -2.26. The van der Waals surface area contributed by atoms with Gasteiger partial charge in [-0.1, -0.05) is 35.3 Å². The van der Waals surface area contributed by atoms with E-state index in [-0.39, 0.29) is 17.1 Å². The van der Waals surface area contributed by atoms with E-state index >= 15 is 0 Å². The van der Waals surface area contributed by atoms with E-state index in [1.54, 1.807) is 30.3 Å². The summed E-state index contributed by atoms with van der Waals surface area (Å²) < 4.78 is 11.8. The standard InChI is InChI=1S/C18H15Cl2N3O4/c1-26-17(24)18(25,9-23-11-21-10-22-23)15-6-5-14(8-16(15)20)27-13-4-2-3-12(19)7-13/h2-8,10-11,25H,9H2,1H3. The van der Waals surface area contributed by atoms with Crippen molar-refractivity contribution in [1.29, 1.82) is 0 Å². The fourth-order valence-electron chi connectivity index (χ4n) is 2.54. The van der Waals surface area contributed by atoms with Crippen molar-refractivity contribution >= 4 is 29.2 Å². The van der Waals surface area contributed by atoms with E-state index in [4.69, 9.17) is 32.7 Å². The lowest BCUT2D eigenvalue weighted by molar-refractivity contribution is -0.165. The molecule has 1 unspecified atom stereocenters. The Labute approximate surface area is 165 Å². The monoisotopic (exact) mass is 407 g/mol. The molecule has 7 nitrogen and oxygen atoms in total. The molecule has 2 aromatic carbocycles. The fourth-order valence-corrected chi connectivity index (χ4v) is 3.05. The molecule has 0 bridgehead atoms. The average molecular weight is 408 g/mol. The molecule has 0 saturated heterocycles. The smallest absolute Gasteiger partial charge is 0.344 e. The average Bonchev–Trinajstić information content (AvgIpc) is 3.13. The van der Waals surface area contributed by atoms with Crippen molar-refractivity contribution < 1.29 is 19.4 Å². The maximum absolute atomic E-state index is 12.3. The number of ether oxygens (including phenoxy) is 2. The SMILES string of the molecule is COC(=O)C(O)(Cn1cncn1)c1ccc(Oc2cccc(Cl)c2)cc1Cl. The summed E-state index contributed by atoms with van der Waals surface area (Å²) in [6, 6.07) is 11.4. The van der Waals surface area contributed by atoms with Gasteiger partial charge in [0.15, 0.2) is 0 Å². The van der Waals surface area contributed by atoms with Crippen LogP contribution in [0.5, 0.6) is 11.5 Å². The molecule has 9 heteroatoms. The third-order valence-corrected chi connectivity index (χ3v) is 4.35. The van der Waals surface area contributed by atoms with Gasteiger partial charge in [-0.15, -0.1) is 0 Å². The molecule has 1 aromatic heterocycles. The van der Waals surface area contributed by atoms with Crippen molar-refractivity contribution in [2.75, 3.05) is 7.11 Å². The molecule has 140 valence electrons. The number of nitrogens with zero attached hydrogens (tertiary/aromatic N) is 3. The van der Waals surface area contributed by atoms with E-state index < -0.39 is 11.6 Å². The summed E-state index contributed by atoms with van der Waals surface area (Å²) in [6.07, 6.45) is 2.67. The van der Waals surface area contributed by atoms with Crippen molar-refractivity contribution in [2.24, 2.45) is 0 Å². The van der Waals surface area contributed by atoms with Crippen LogP contribution in [-0.4, -0.2) is 33.0 Å². The van der Waals surface area contributed by atoms with Gasteiger partial charge in [0.25, 0.3) is 0 Å². The number of carbonyl (C=O) groups is 1. The number of methoxy groups -OCH3 is 1. The molecule has 1 heterocycles. The van der Waals surface area contributed by atoms with Crippen LogP contribution < -0.4 is 4.74 Å². The van der Waals surface area contributed by atoms with Gasteiger partial charge in [0.05, 0.1) is 18.7 Å². The summed E-state index contributed by atoms with van der Waals surface area (Å²) in [5, 5.41) is 15.6. The van der Waals surface area contributed by atoms with Crippen LogP contribution in [0.1, 0.15) is 5.56 Å². The van der Waals surface area contributed by atoms with Crippen LogP contribution in [0.2, 0.25) is 10.0 Å². The second kappa shape index (κ2) is 7.96. The molecular weight excluding hydrogens is 393 g/mol. The first-order valence-corrected chi connectivity index (χ1v) is 8.54. The van der Waals surface area contributed by atoms with Gasteiger partial charge < -0.3 is 14.6 Å². The van der Waals surface area contributed by atoms with Gasteiger partial charge in [-0.25, -0.2) is 14.5 Å². The summed E-state index contributed by atoms with van der Waals surface area (Å²) in [6.45, 7) is -0.214. The minimum atomic E-state index is -2.05. The molecule has 27 heavy (non-hydrogen) atoms. The largest absolute Gasteiger partial charge is 0.467 e. The molecule has 0 radical (unpaired) electrons. The highest BCUT2D eigenvalue weighted by atomic mass is 35.5. The highest BCUT2D eigenvalue weighted by Gasteiger charge is 2.42. The van der Waals surface area contributed by atoms with Crippen molar-refractivity contribution in [1.82, 2.24) is 14.8 Å². The number of aromatic nitrogens is 3. The van der Waals surface area contributed by atoms with Gasteiger partial charge in [-0.05, 0) is 30.3 Å². The second-order valence-electron chi connectivity index (χ2n) is 5.65. The zero-order chi connectivity index (χ0) is 19.4. The van der Waals surface area contributed by atoms with Gasteiger partial charge in [0, 0.05) is 10.6 Å². The maximum atomic E-state index is 12.3. The topological polar surface area (TPSA) is 86.5 Å². The molecule has 1 N–H and O–H groups in total. The summed E-state index contributed by atoms with van der Waals surface area (Å²) in [7, 11) is 1.18. The highest BCUT2D eigenvalue weighted by Crippen LogP contribution is 2.35. The molecular formula is C18H15Cl2N3O4. The number of hydrogen-bond acceptors (Lipinski definition) is 6. The Kier molecular flexibility index (Phi) is 5.65. The van der Waals surface area contributed by atoms with E-state index in [1.165, 1.54) is 36.6 Å². The Morgan fingerprint density at radius 1 is 1.22 bits per heavy atom. The first-order valence-electron chi connectivity index (χ1n) is 7.79. The molecule has 0 aliphatic heterocycles. The molecule has 0 aliphatic rings. The van der Waals surface area contributed by atoms with Crippen LogP contribution in [0, 0.1) is 0 Å². The zero-order valence-corrected chi connectivity index (χ0v) is 15.7. The molecule has 3 aromatic rings. The van der Waals surface area contributed by atoms with Gasteiger partial charge in [0.1, 0.15) is 24.2 Å². The summed E-state index contributed by atoms with van der Waals surface area (Å²) >= 11 is 12.3. The van der Waals surface area contributed by atoms with E-state index in [9.17, 15) is 9.90 Å². The zero-order valence-electron chi connectivity index (χ0n) is 14.2. The van der Waals surface area contributed by atoms with E-state index in [0.717, 1.165) is 0 Å². The van der Waals surface area contributed by atoms with Crippen molar-refractivity contribution in [2.45, 2.75) is 12.1 Å². The summed E-state index contributed by atoms with van der Waals surface area (Å²) in [5.41, 5.74) is -1.89. The van der Waals surface area contributed by atoms with E-state index in [2.05, 4.69) is 10.1 Å². The molecule has 0 fully saturated rings. The minimum absolute atomic E-state index is 0.127. The molecule has 0 spiro atoms. The Hall–Kier alpha value is -2.61. The second-order valence-corrected chi connectivity index (χ2v) is 6.49. The maximum Gasteiger partial charge on any atom is 0.344 e. The quantitative estimate of drug-likeness (QED) is 0.629. The number of aliphatic hydroxyl groups is 1. The van der Waals surface area contributed by atoms with Crippen molar-refractivity contribution in [3.63, 3.8) is 0 Å². The van der Waals surface area contributed by atoms with Crippen molar-refractivity contribution in [3.8, 4) is 11.5 Å². The lowest BCUT2D eigenvalue weighted by atomic mass is 9.93. The van der Waals surface area contributed by atoms with E-state index in [0.29, 0.717) is 16.5 Å². The number of benzene rings is 2. The van der Waals surface area contributed by atoms with Gasteiger partial charge >= 0.3 is 5.97 Å². The predicted molar refractivity (Wildman–Crippen MR) is 98.9 cm³/mol. The molecule has 3 rings (SSSR count). The molecule has 0 amide bonds. The number of rotatable bonds is 6. The number of esters is 1. The fraction of sp³-hybridized carbons (Fsp3) is 0.167. The van der Waals surface area contributed by atoms with Gasteiger partial charge in [-0.3, -0.25) is 0 Å². The third-order valence-electron chi connectivity index (χ3n) is 3.80. The molecule has 0 aliphatic carbocycles. The van der Waals surface area contributed by atoms with Crippen LogP contribution >= 0.6 is 23.2 Å². The van der Waals surface area contributed by atoms with Crippen molar-refractivity contribution in [3.05, 3.63) is 70.7 Å². The van der Waals surface area contributed by atoms with Gasteiger partial charge in [0.2, 0.25) is 5.60 Å². The third kappa shape index (κ3) is 4.21. The predicted octanol–water partition coefficient (Wildman–Crippen LogP) is 3.44. The van der Waals surface area contributed by atoms with Crippen LogP contribution in [0.25, 0.3) is 0 Å². The van der Waals surface area contributed by atoms with Gasteiger partial charge in [-0.2, -0.15) is 5.10 Å². The Balaban J connectivity index is 1.92. The van der Waals surface area contributed by atoms with E-state index in [1.807, 2.05) is 0 Å². The summed E-state index contributed by atoms with van der Waals surface area (Å²) in [5.74, 6) is 0.0690. The molecule has 1 atom stereocenters. The minimum Gasteiger partial charge on any atom is -0.467 e. The first kappa shape index (κ1) is 19.2. The Bertz CT molecular complexity index is 950. The highest BCUT2D eigenvalue weighted by molar-refractivity contribution is 6.32. The summed E-state index contributed by atoms with van der Waals surface area (Å²) in [4.78, 5) is 16.1. The lowest BCUT2D eigenvalue weighted by Crippen LogP contribution is -2.41. The number of hydrogen-bond donors (Lipinski definition) is 1. The van der Waals surface area contributed by atoms with Crippen LogP contribution in [0.4, 0.5) is 0 Å². The molecule has 0 saturated carbocycles. The van der Waals surface area contributed by atoms with Crippen LogP contribution in [0.15, 0.2) is 55.1 Å². The normalized spacial score (nSPS) is 13.0. The number of carbonyl (C=O) groups excluding carboxylic acids is 1. The first-order chi connectivity index (χ1) is 12.9. The Morgan fingerprint density at radius 2 is 2.00 bits per heavy atom. The van der Waals surface area contributed by atoms with Crippen LogP contribution in [-0.2, 0) is 21.7 Å². The number of halogens is 2. The van der Waals surface area contributed by atoms with Crippen LogP contribution in [0.3, 0.4) is 0 Å².